The number of rotatable bonds is 6. The number of nitrogens with one attached hydrogen (secondary N) is 1. The van der Waals surface area contributed by atoms with Gasteiger partial charge in [0.25, 0.3) is 0 Å². The Morgan fingerprint density at radius 2 is 1.88 bits per heavy atom. The molecule has 2 aromatic carbocycles. The lowest BCUT2D eigenvalue weighted by Gasteiger charge is -2.28. The minimum Gasteiger partial charge on any atom is -0.493 e. The number of allylic oxidation sites excluding steroid dienone is 1. The molecular formula is C28H32N2O4. The highest BCUT2D eigenvalue weighted by Crippen LogP contribution is 2.38. The third kappa shape index (κ3) is 4.68. The van der Waals surface area contributed by atoms with Crippen molar-refractivity contribution in [3.8, 4) is 5.75 Å². The molecular weight excluding hydrogens is 428 g/mol. The van der Waals surface area contributed by atoms with E-state index < -0.39 is 0 Å². The van der Waals surface area contributed by atoms with Crippen LogP contribution >= 0.6 is 0 Å². The Balaban J connectivity index is 1.36. The van der Waals surface area contributed by atoms with Gasteiger partial charge in [-0.1, -0.05) is 0 Å². The van der Waals surface area contributed by atoms with Crippen molar-refractivity contribution in [3.63, 3.8) is 0 Å². The molecule has 1 aliphatic carbocycles. The molecule has 0 saturated carbocycles. The first-order valence-corrected chi connectivity index (χ1v) is 12.3. The highest BCUT2D eigenvalue weighted by Gasteiger charge is 2.20. The predicted molar refractivity (Wildman–Crippen MR) is 136 cm³/mol. The summed E-state index contributed by atoms with van der Waals surface area (Å²) < 4.78 is 17.5. The molecule has 5 rings (SSSR count). The molecule has 2 aliphatic rings. The Hall–Kier alpha value is -3.25. The number of fused-ring (bicyclic) bond motifs is 3. The molecule has 178 valence electrons. The number of amides is 1. The number of furan rings is 1. The van der Waals surface area contributed by atoms with E-state index in [1.165, 1.54) is 18.4 Å². The summed E-state index contributed by atoms with van der Waals surface area (Å²) >= 11 is 0. The first-order chi connectivity index (χ1) is 16.6. The summed E-state index contributed by atoms with van der Waals surface area (Å²) in [4.78, 5) is 15.1. The van der Waals surface area contributed by atoms with Crippen molar-refractivity contribution < 1.29 is 18.7 Å². The molecule has 1 aliphatic heterocycles. The number of anilines is 2. The third-order valence-corrected chi connectivity index (χ3v) is 6.64. The lowest BCUT2D eigenvalue weighted by atomic mass is 9.94. The van der Waals surface area contributed by atoms with Gasteiger partial charge in [-0.2, -0.15) is 0 Å². The zero-order valence-electron chi connectivity index (χ0n) is 20.0. The Labute approximate surface area is 200 Å². The molecule has 1 aromatic heterocycles. The largest absolute Gasteiger partial charge is 0.493 e. The fraction of sp³-hybridized carbons (Fsp3) is 0.393. The van der Waals surface area contributed by atoms with Gasteiger partial charge in [0.15, 0.2) is 0 Å². The Morgan fingerprint density at radius 3 is 2.65 bits per heavy atom. The summed E-state index contributed by atoms with van der Waals surface area (Å²) in [5, 5.41) is 4.13. The maximum absolute atomic E-state index is 12.8. The van der Waals surface area contributed by atoms with Gasteiger partial charge in [-0.25, -0.2) is 0 Å². The summed E-state index contributed by atoms with van der Waals surface area (Å²) in [7, 11) is 0. The summed E-state index contributed by atoms with van der Waals surface area (Å²) in [6.45, 7) is 7.75. The van der Waals surface area contributed by atoms with Crippen LogP contribution in [0, 0.1) is 0 Å². The minimum absolute atomic E-state index is 0.159. The summed E-state index contributed by atoms with van der Waals surface area (Å²) in [5.74, 6) is 1.69. The second kappa shape index (κ2) is 9.94. The highest BCUT2D eigenvalue weighted by atomic mass is 16.5. The van der Waals surface area contributed by atoms with Gasteiger partial charge in [0.05, 0.1) is 19.8 Å². The van der Waals surface area contributed by atoms with E-state index in [1.54, 1.807) is 6.08 Å². The topological polar surface area (TPSA) is 63.9 Å². The van der Waals surface area contributed by atoms with Crippen LogP contribution in [0.25, 0.3) is 16.5 Å². The van der Waals surface area contributed by atoms with E-state index in [0.717, 1.165) is 84.1 Å². The summed E-state index contributed by atoms with van der Waals surface area (Å²) in [6.07, 6.45) is 6.03. The van der Waals surface area contributed by atoms with E-state index >= 15 is 0 Å². The average molecular weight is 461 g/mol. The summed E-state index contributed by atoms with van der Waals surface area (Å²) in [6, 6.07) is 12.1. The van der Waals surface area contributed by atoms with Crippen LogP contribution < -0.4 is 15.0 Å². The maximum Gasteiger partial charge on any atom is 0.248 e. The summed E-state index contributed by atoms with van der Waals surface area (Å²) in [5.41, 5.74) is 5.89. The molecule has 0 radical (unpaired) electrons. The zero-order valence-corrected chi connectivity index (χ0v) is 20.0. The molecule has 2 heterocycles. The van der Waals surface area contributed by atoms with Crippen LogP contribution in [0.15, 0.2) is 46.9 Å². The van der Waals surface area contributed by atoms with Crippen molar-refractivity contribution in [3.05, 3.63) is 59.4 Å². The van der Waals surface area contributed by atoms with E-state index in [-0.39, 0.29) is 5.91 Å². The van der Waals surface area contributed by atoms with Gasteiger partial charge < -0.3 is 24.1 Å². The van der Waals surface area contributed by atoms with E-state index in [2.05, 4.69) is 16.3 Å². The quantitative estimate of drug-likeness (QED) is 0.486. The van der Waals surface area contributed by atoms with Gasteiger partial charge in [0.1, 0.15) is 17.1 Å². The minimum atomic E-state index is -0.159. The first-order valence-electron chi connectivity index (χ1n) is 12.3. The number of carbonyl (C=O) groups is 1. The fourth-order valence-electron chi connectivity index (χ4n) is 4.90. The van der Waals surface area contributed by atoms with Gasteiger partial charge in [0.2, 0.25) is 5.91 Å². The van der Waals surface area contributed by atoms with E-state index in [1.807, 2.05) is 44.2 Å². The smallest absolute Gasteiger partial charge is 0.248 e. The number of nitrogens with zero attached hydrogens (tertiary/aromatic N) is 1. The van der Waals surface area contributed by atoms with Crippen LogP contribution in [0.1, 0.15) is 43.6 Å². The number of carbonyl (C=O) groups excluding carboxylic acids is 1. The monoisotopic (exact) mass is 460 g/mol. The molecule has 1 N–H and O–H groups in total. The maximum atomic E-state index is 12.8. The van der Waals surface area contributed by atoms with Crippen molar-refractivity contribution >= 4 is 33.8 Å². The van der Waals surface area contributed by atoms with Crippen LogP contribution in [-0.4, -0.2) is 38.8 Å². The first kappa shape index (κ1) is 22.5. The highest BCUT2D eigenvalue weighted by molar-refractivity contribution is 6.04. The Bertz CT molecular complexity index is 1200. The van der Waals surface area contributed by atoms with E-state index in [4.69, 9.17) is 13.9 Å². The van der Waals surface area contributed by atoms with Gasteiger partial charge in [-0.05, 0) is 69.0 Å². The van der Waals surface area contributed by atoms with Crippen LogP contribution in [0.3, 0.4) is 0 Å². The van der Waals surface area contributed by atoms with Gasteiger partial charge in [0, 0.05) is 59.5 Å². The molecule has 1 saturated heterocycles. The molecule has 6 heteroatoms. The number of ether oxygens (including phenoxy) is 2. The lowest BCUT2D eigenvalue weighted by molar-refractivity contribution is -0.111. The van der Waals surface area contributed by atoms with Gasteiger partial charge in [-0.15, -0.1) is 0 Å². The molecule has 1 amide bonds. The number of hydrogen-bond acceptors (Lipinski definition) is 5. The van der Waals surface area contributed by atoms with Crippen LogP contribution in [0.5, 0.6) is 5.75 Å². The van der Waals surface area contributed by atoms with Gasteiger partial charge in [-0.3, -0.25) is 4.79 Å². The Kier molecular flexibility index (Phi) is 6.59. The van der Waals surface area contributed by atoms with Crippen molar-refractivity contribution in [2.45, 2.75) is 39.5 Å². The molecule has 1 fully saturated rings. The van der Waals surface area contributed by atoms with Crippen molar-refractivity contribution in [1.29, 1.82) is 0 Å². The van der Waals surface area contributed by atoms with Crippen LogP contribution in [0.2, 0.25) is 0 Å². The molecule has 6 nitrogen and oxygen atoms in total. The fourth-order valence-corrected chi connectivity index (χ4v) is 4.90. The molecule has 34 heavy (non-hydrogen) atoms. The second-order valence-corrected chi connectivity index (χ2v) is 8.95. The average Bonchev–Trinajstić information content (AvgIpc) is 3.22. The van der Waals surface area contributed by atoms with Crippen molar-refractivity contribution in [2.75, 3.05) is 43.1 Å². The predicted octanol–water partition coefficient (Wildman–Crippen LogP) is 5.59. The normalized spacial score (nSPS) is 16.4. The zero-order chi connectivity index (χ0) is 23.5. The molecule has 0 atom stereocenters. The van der Waals surface area contributed by atoms with Gasteiger partial charge >= 0.3 is 0 Å². The van der Waals surface area contributed by atoms with Crippen molar-refractivity contribution in [2.24, 2.45) is 0 Å². The standard InChI is InChI=1S/C28H32N2O4/c1-3-33-26-18-27-24(22-6-4-5-7-25(22)34-27)17-23(26)19(2)16-28(31)29-20-8-10-21(11-9-20)30-12-14-32-15-13-30/h8-11,16-18H,3-7,12-15H2,1-2H3,(H,29,31)/b19-16+. The van der Waals surface area contributed by atoms with E-state index in [9.17, 15) is 4.79 Å². The van der Waals surface area contributed by atoms with Crippen molar-refractivity contribution in [1.82, 2.24) is 0 Å². The number of hydrogen-bond donors (Lipinski definition) is 1. The Morgan fingerprint density at radius 1 is 1.12 bits per heavy atom. The molecule has 0 bridgehead atoms. The third-order valence-electron chi connectivity index (χ3n) is 6.64. The molecule has 0 spiro atoms. The second-order valence-electron chi connectivity index (χ2n) is 8.95. The van der Waals surface area contributed by atoms with Crippen LogP contribution in [-0.2, 0) is 22.4 Å². The van der Waals surface area contributed by atoms with E-state index in [0.29, 0.717) is 6.61 Å². The number of benzene rings is 2. The molecule has 3 aromatic rings. The SMILES string of the molecule is CCOc1cc2oc3c(c2cc1/C(C)=C/C(=O)Nc1ccc(N2CCOCC2)cc1)CCCC3. The number of aryl methyl sites for hydroxylation is 2. The van der Waals surface area contributed by atoms with Crippen LogP contribution in [0.4, 0.5) is 11.4 Å². The number of morpholine rings is 1. The lowest BCUT2D eigenvalue weighted by Crippen LogP contribution is -2.36. The molecule has 0 unspecified atom stereocenters.